The molecule has 9 nitrogen and oxygen atoms in total. The van der Waals surface area contributed by atoms with Crippen molar-refractivity contribution in [3.05, 3.63) is 47.5 Å². The minimum Gasteiger partial charge on any atom is -0.454 e. The Morgan fingerprint density at radius 1 is 1.06 bits per heavy atom. The summed E-state index contributed by atoms with van der Waals surface area (Å²) >= 11 is 5.97. The summed E-state index contributed by atoms with van der Waals surface area (Å²) < 4.78 is 23.2. The minimum absolute atomic E-state index is 0.106. The molecule has 1 heterocycles. The number of hydrogen-bond acceptors (Lipinski definition) is 6. The van der Waals surface area contributed by atoms with Gasteiger partial charge in [-0.25, -0.2) is 0 Å². The number of anilines is 2. The molecule has 2 aromatic rings. The van der Waals surface area contributed by atoms with Crippen LogP contribution in [0.3, 0.4) is 0 Å². The van der Waals surface area contributed by atoms with Crippen LogP contribution >= 0.6 is 11.6 Å². The Morgan fingerprint density at radius 2 is 1.71 bits per heavy atom. The molecule has 1 aliphatic heterocycles. The summed E-state index contributed by atoms with van der Waals surface area (Å²) in [7, 11) is -1.82. The molecule has 0 saturated heterocycles. The molecule has 2 N–H and O–H groups in total. The van der Waals surface area contributed by atoms with Gasteiger partial charge in [0.1, 0.15) is 17.5 Å². The van der Waals surface area contributed by atoms with Crippen molar-refractivity contribution in [3.8, 4) is 11.5 Å². The summed E-state index contributed by atoms with van der Waals surface area (Å²) in [6.45, 7) is 7.19. The molecule has 0 aromatic heterocycles. The van der Waals surface area contributed by atoms with E-state index in [1.54, 1.807) is 49.4 Å². The van der Waals surface area contributed by atoms with Crippen LogP contribution in [0.4, 0.5) is 11.4 Å². The standard InChI is InChI=1S/C24H28ClN3O6S/c1-15(23(31)27-24(2,3)4)28(18-8-5-16(25)6-9-18)22(30)13-35(32)12-21(29)26-17-7-10-19-20(11-17)34-14-33-19/h5-11,15H,12-14H2,1-4H3,(H,26,29)(H,27,31). The quantitative estimate of drug-likeness (QED) is 0.552. The summed E-state index contributed by atoms with van der Waals surface area (Å²) in [4.78, 5) is 39.6. The summed E-state index contributed by atoms with van der Waals surface area (Å²) in [5.41, 5.74) is 0.381. The number of benzene rings is 2. The molecule has 0 spiro atoms. The van der Waals surface area contributed by atoms with E-state index in [1.165, 1.54) is 4.90 Å². The van der Waals surface area contributed by atoms with Crippen LogP contribution in [0.15, 0.2) is 42.5 Å². The molecule has 3 rings (SSSR count). The molecule has 1 aliphatic rings. The third-order valence-corrected chi connectivity index (χ3v) is 6.28. The minimum atomic E-state index is -1.82. The van der Waals surface area contributed by atoms with Gasteiger partial charge < -0.3 is 20.1 Å². The van der Waals surface area contributed by atoms with Crippen LogP contribution < -0.4 is 25.0 Å². The Labute approximate surface area is 211 Å². The molecule has 11 heteroatoms. The fraction of sp³-hybridized carbons (Fsp3) is 0.375. The largest absolute Gasteiger partial charge is 0.454 e. The lowest BCUT2D eigenvalue weighted by Crippen LogP contribution is -2.53. The molecular formula is C24H28ClN3O6S. The highest BCUT2D eigenvalue weighted by molar-refractivity contribution is 7.86. The zero-order valence-corrected chi connectivity index (χ0v) is 21.5. The van der Waals surface area contributed by atoms with Gasteiger partial charge in [-0.3, -0.25) is 23.5 Å². The van der Waals surface area contributed by atoms with E-state index >= 15 is 0 Å². The first-order chi connectivity index (χ1) is 16.4. The molecular weight excluding hydrogens is 494 g/mol. The molecule has 2 aromatic carbocycles. The Bertz CT molecular complexity index is 1130. The van der Waals surface area contributed by atoms with E-state index < -0.39 is 45.7 Å². The van der Waals surface area contributed by atoms with Crippen molar-refractivity contribution in [3.63, 3.8) is 0 Å². The lowest BCUT2D eigenvalue weighted by atomic mass is 10.1. The van der Waals surface area contributed by atoms with E-state index in [4.69, 9.17) is 21.1 Å². The van der Waals surface area contributed by atoms with Crippen LogP contribution in [0, 0.1) is 0 Å². The normalized spacial score (nSPS) is 14.1. The molecule has 188 valence electrons. The van der Waals surface area contributed by atoms with Crippen molar-refractivity contribution in [1.82, 2.24) is 5.32 Å². The van der Waals surface area contributed by atoms with Gasteiger partial charge in [0.05, 0.1) is 0 Å². The van der Waals surface area contributed by atoms with Crippen LogP contribution in [-0.2, 0) is 25.2 Å². The average Bonchev–Trinajstić information content (AvgIpc) is 3.21. The third-order valence-electron chi connectivity index (χ3n) is 4.87. The van der Waals surface area contributed by atoms with Gasteiger partial charge in [-0.1, -0.05) is 11.6 Å². The molecule has 0 fully saturated rings. The van der Waals surface area contributed by atoms with Gasteiger partial charge in [0.15, 0.2) is 11.5 Å². The third kappa shape index (κ3) is 7.43. The zero-order chi connectivity index (χ0) is 25.8. The number of amides is 3. The van der Waals surface area contributed by atoms with Crippen LogP contribution in [0.25, 0.3) is 0 Å². The van der Waals surface area contributed by atoms with Crippen molar-refractivity contribution in [2.75, 3.05) is 28.5 Å². The zero-order valence-electron chi connectivity index (χ0n) is 19.9. The van der Waals surface area contributed by atoms with E-state index in [-0.39, 0.29) is 12.7 Å². The van der Waals surface area contributed by atoms with E-state index in [0.717, 1.165) is 0 Å². The second kappa shape index (κ2) is 11.1. The number of rotatable bonds is 8. The Kier molecular flexibility index (Phi) is 8.39. The maximum absolute atomic E-state index is 13.2. The molecule has 3 amide bonds. The van der Waals surface area contributed by atoms with Crippen molar-refractivity contribution < 1.29 is 28.1 Å². The first-order valence-corrected chi connectivity index (χ1v) is 12.7. The topological polar surface area (TPSA) is 114 Å². The van der Waals surface area contributed by atoms with Gasteiger partial charge in [0, 0.05) is 38.8 Å². The fourth-order valence-electron chi connectivity index (χ4n) is 3.35. The lowest BCUT2D eigenvalue weighted by molar-refractivity contribution is -0.126. The van der Waals surface area contributed by atoms with Gasteiger partial charge in [-0.05, 0) is 64.1 Å². The van der Waals surface area contributed by atoms with Gasteiger partial charge in [0.25, 0.3) is 0 Å². The summed E-state index contributed by atoms with van der Waals surface area (Å²) in [6, 6.07) is 10.4. The highest BCUT2D eigenvalue weighted by Gasteiger charge is 2.30. The molecule has 0 saturated carbocycles. The van der Waals surface area contributed by atoms with Gasteiger partial charge in [-0.2, -0.15) is 0 Å². The lowest BCUT2D eigenvalue weighted by Gasteiger charge is -2.31. The number of fused-ring (bicyclic) bond motifs is 1. The predicted octanol–water partition coefficient (Wildman–Crippen LogP) is 3.09. The van der Waals surface area contributed by atoms with E-state index in [1.807, 2.05) is 20.8 Å². The van der Waals surface area contributed by atoms with E-state index in [2.05, 4.69) is 10.6 Å². The number of ether oxygens (including phenoxy) is 2. The molecule has 2 unspecified atom stereocenters. The van der Waals surface area contributed by atoms with Crippen molar-refractivity contribution in [1.29, 1.82) is 0 Å². The number of carbonyl (C=O) groups excluding carboxylic acids is 3. The van der Waals surface area contributed by atoms with Gasteiger partial charge in [0.2, 0.25) is 24.5 Å². The number of nitrogens with one attached hydrogen (secondary N) is 2. The summed E-state index contributed by atoms with van der Waals surface area (Å²) in [5, 5.41) is 5.96. The Hall–Kier alpha value is -3.11. The van der Waals surface area contributed by atoms with Gasteiger partial charge in [-0.15, -0.1) is 0 Å². The van der Waals surface area contributed by atoms with Crippen molar-refractivity contribution >= 4 is 51.5 Å². The molecule has 0 aliphatic carbocycles. The average molecular weight is 522 g/mol. The maximum Gasteiger partial charge on any atom is 0.243 e. The first-order valence-electron chi connectivity index (χ1n) is 10.9. The second-order valence-electron chi connectivity index (χ2n) is 9.00. The van der Waals surface area contributed by atoms with Crippen molar-refractivity contribution in [2.45, 2.75) is 39.3 Å². The number of carbonyl (C=O) groups is 3. The second-order valence-corrected chi connectivity index (χ2v) is 10.9. The molecule has 2 atom stereocenters. The number of halogens is 1. The summed E-state index contributed by atoms with van der Waals surface area (Å²) in [5.74, 6) is -1.21. The summed E-state index contributed by atoms with van der Waals surface area (Å²) in [6.07, 6.45) is 0. The molecule has 0 radical (unpaired) electrons. The first kappa shape index (κ1) is 26.5. The van der Waals surface area contributed by atoms with Crippen LogP contribution in [0.5, 0.6) is 11.5 Å². The van der Waals surface area contributed by atoms with E-state index in [9.17, 15) is 18.6 Å². The Balaban J connectivity index is 1.67. The van der Waals surface area contributed by atoms with Crippen LogP contribution in [0.1, 0.15) is 27.7 Å². The van der Waals surface area contributed by atoms with Gasteiger partial charge >= 0.3 is 0 Å². The highest BCUT2D eigenvalue weighted by atomic mass is 35.5. The monoisotopic (exact) mass is 521 g/mol. The van der Waals surface area contributed by atoms with Crippen LogP contribution in [0.2, 0.25) is 5.02 Å². The predicted molar refractivity (Wildman–Crippen MR) is 135 cm³/mol. The highest BCUT2D eigenvalue weighted by Crippen LogP contribution is 2.34. The van der Waals surface area contributed by atoms with Crippen LogP contribution in [-0.4, -0.2) is 51.8 Å². The molecule has 0 bridgehead atoms. The maximum atomic E-state index is 13.2. The molecule has 35 heavy (non-hydrogen) atoms. The van der Waals surface area contributed by atoms with Crippen molar-refractivity contribution in [2.24, 2.45) is 0 Å². The smallest absolute Gasteiger partial charge is 0.243 e. The Morgan fingerprint density at radius 3 is 2.37 bits per heavy atom. The van der Waals surface area contributed by atoms with E-state index in [0.29, 0.717) is 27.9 Å². The number of hydrogen-bond donors (Lipinski definition) is 2. The fourth-order valence-corrected chi connectivity index (χ4v) is 4.36. The number of nitrogens with zero attached hydrogens (tertiary/aromatic N) is 1. The SMILES string of the molecule is CC(C(=O)NC(C)(C)C)N(C(=O)CS(=O)CC(=O)Nc1ccc2c(c1)OCO2)c1ccc(Cl)cc1.